The van der Waals surface area contributed by atoms with Gasteiger partial charge in [-0.2, -0.15) is 4.31 Å². The van der Waals surface area contributed by atoms with Crippen molar-refractivity contribution in [1.29, 1.82) is 0 Å². The highest BCUT2D eigenvalue weighted by atomic mass is 32.2. The van der Waals surface area contributed by atoms with Gasteiger partial charge in [0.05, 0.1) is 5.69 Å². The second-order valence-corrected chi connectivity index (χ2v) is 6.71. The molecular formula is C15H16F2N2O2S. The maximum Gasteiger partial charge on any atom is 0.220 e. The lowest BCUT2D eigenvalue weighted by atomic mass is 10.2. The van der Waals surface area contributed by atoms with Crippen LogP contribution < -0.4 is 0 Å². The van der Waals surface area contributed by atoms with E-state index >= 15 is 0 Å². The third-order valence-electron chi connectivity index (χ3n) is 3.16. The number of benzene rings is 1. The van der Waals surface area contributed by atoms with Crippen LogP contribution in [0.25, 0.3) is 0 Å². The minimum atomic E-state index is -3.64. The van der Waals surface area contributed by atoms with Crippen molar-refractivity contribution in [3.63, 3.8) is 0 Å². The van der Waals surface area contributed by atoms with Gasteiger partial charge in [-0.1, -0.05) is 19.1 Å². The highest BCUT2D eigenvalue weighted by Crippen LogP contribution is 2.16. The van der Waals surface area contributed by atoms with Crippen LogP contribution in [0.3, 0.4) is 0 Å². The van der Waals surface area contributed by atoms with Crippen LogP contribution >= 0.6 is 0 Å². The molecule has 0 unspecified atom stereocenters. The standard InChI is InChI=1S/C15H16F2N2O2S/c1-2-19(10-12-6-7-13(16)9-15(12)17)22(20,21)11-14-5-3-4-8-18-14/h3-9H,2,10-11H2,1H3. The minimum Gasteiger partial charge on any atom is -0.260 e. The summed E-state index contributed by atoms with van der Waals surface area (Å²) >= 11 is 0. The smallest absolute Gasteiger partial charge is 0.220 e. The molecule has 118 valence electrons. The van der Waals surface area contributed by atoms with Crippen LogP contribution in [0.5, 0.6) is 0 Å². The van der Waals surface area contributed by atoms with Gasteiger partial charge in [0.25, 0.3) is 0 Å². The van der Waals surface area contributed by atoms with Gasteiger partial charge >= 0.3 is 0 Å². The molecule has 0 N–H and O–H groups in total. The Kier molecular flexibility index (Phi) is 5.20. The summed E-state index contributed by atoms with van der Waals surface area (Å²) in [6, 6.07) is 8.12. The molecule has 0 saturated heterocycles. The summed E-state index contributed by atoms with van der Waals surface area (Å²) in [6.07, 6.45) is 1.51. The third kappa shape index (κ3) is 4.08. The Hall–Kier alpha value is -1.86. The van der Waals surface area contributed by atoms with E-state index in [2.05, 4.69) is 4.98 Å². The van der Waals surface area contributed by atoms with Crippen molar-refractivity contribution >= 4 is 10.0 Å². The number of pyridine rings is 1. The summed E-state index contributed by atoms with van der Waals surface area (Å²) in [4.78, 5) is 3.99. The molecule has 0 atom stereocenters. The number of hydrogen-bond donors (Lipinski definition) is 0. The van der Waals surface area contributed by atoms with Crippen LogP contribution in [0.15, 0.2) is 42.6 Å². The quantitative estimate of drug-likeness (QED) is 0.820. The highest BCUT2D eigenvalue weighted by Gasteiger charge is 2.23. The Balaban J connectivity index is 2.19. The second kappa shape index (κ2) is 6.93. The van der Waals surface area contributed by atoms with Gasteiger partial charge in [-0.05, 0) is 18.2 Å². The Labute approximate surface area is 128 Å². The van der Waals surface area contributed by atoms with E-state index in [-0.39, 0.29) is 24.4 Å². The first-order valence-corrected chi connectivity index (χ1v) is 8.35. The van der Waals surface area contributed by atoms with Gasteiger partial charge in [0, 0.05) is 30.9 Å². The molecule has 1 aromatic carbocycles. The van der Waals surface area contributed by atoms with Crippen LogP contribution in [0.4, 0.5) is 8.78 Å². The van der Waals surface area contributed by atoms with Crippen molar-refractivity contribution < 1.29 is 17.2 Å². The first-order valence-electron chi connectivity index (χ1n) is 6.74. The van der Waals surface area contributed by atoms with Gasteiger partial charge in [-0.25, -0.2) is 17.2 Å². The minimum absolute atomic E-state index is 0.132. The zero-order valence-corrected chi connectivity index (χ0v) is 12.9. The van der Waals surface area contributed by atoms with Gasteiger partial charge in [0.15, 0.2) is 0 Å². The molecule has 1 heterocycles. The molecule has 4 nitrogen and oxygen atoms in total. The number of aromatic nitrogens is 1. The zero-order chi connectivity index (χ0) is 16.2. The Morgan fingerprint density at radius 1 is 1.18 bits per heavy atom. The first kappa shape index (κ1) is 16.5. The molecule has 0 aliphatic carbocycles. The fraction of sp³-hybridized carbons (Fsp3) is 0.267. The predicted octanol–water partition coefficient (Wildman–Crippen LogP) is 2.71. The van der Waals surface area contributed by atoms with E-state index in [1.54, 1.807) is 25.1 Å². The average molecular weight is 326 g/mol. The summed E-state index contributed by atoms with van der Waals surface area (Å²) in [7, 11) is -3.64. The predicted molar refractivity (Wildman–Crippen MR) is 79.3 cm³/mol. The van der Waals surface area contributed by atoms with Crippen molar-refractivity contribution in [3.05, 3.63) is 65.5 Å². The van der Waals surface area contributed by atoms with Crippen LogP contribution in [0.2, 0.25) is 0 Å². The molecule has 0 saturated carbocycles. The summed E-state index contributed by atoms with van der Waals surface area (Å²) in [5.74, 6) is -1.71. The first-order chi connectivity index (χ1) is 10.4. The molecule has 0 bridgehead atoms. The van der Waals surface area contributed by atoms with Crippen molar-refractivity contribution in [1.82, 2.24) is 9.29 Å². The summed E-state index contributed by atoms with van der Waals surface area (Å²) in [5, 5.41) is 0. The van der Waals surface area contributed by atoms with E-state index in [4.69, 9.17) is 0 Å². The van der Waals surface area contributed by atoms with E-state index in [0.29, 0.717) is 5.69 Å². The SMILES string of the molecule is CCN(Cc1ccc(F)cc1F)S(=O)(=O)Cc1ccccn1. The molecule has 22 heavy (non-hydrogen) atoms. The van der Waals surface area contributed by atoms with Gasteiger partial charge in [0.2, 0.25) is 10.0 Å². The lowest BCUT2D eigenvalue weighted by Crippen LogP contribution is -2.32. The third-order valence-corrected chi connectivity index (χ3v) is 5.00. The number of nitrogens with zero attached hydrogens (tertiary/aromatic N) is 2. The summed E-state index contributed by atoms with van der Waals surface area (Å²) in [5.41, 5.74) is 0.549. The molecule has 7 heteroatoms. The maximum absolute atomic E-state index is 13.7. The Morgan fingerprint density at radius 2 is 1.95 bits per heavy atom. The topological polar surface area (TPSA) is 50.3 Å². The van der Waals surface area contributed by atoms with Crippen LogP contribution in [0, 0.1) is 11.6 Å². The van der Waals surface area contributed by atoms with Crippen molar-refractivity contribution in [2.45, 2.75) is 19.2 Å². The Morgan fingerprint density at radius 3 is 2.55 bits per heavy atom. The fourth-order valence-corrected chi connectivity index (χ4v) is 3.46. The largest absolute Gasteiger partial charge is 0.260 e. The molecule has 2 aromatic rings. The maximum atomic E-state index is 13.7. The van der Waals surface area contributed by atoms with Crippen molar-refractivity contribution in [2.24, 2.45) is 0 Å². The molecule has 0 fully saturated rings. The molecular weight excluding hydrogens is 310 g/mol. The van der Waals surface area contributed by atoms with E-state index in [9.17, 15) is 17.2 Å². The van der Waals surface area contributed by atoms with Gasteiger partial charge in [0.1, 0.15) is 17.4 Å². The van der Waals surface area contributed by atoms with Crippen LogP contribution in [-0.4, -0.2) is 24.3 Å². The second-order valence-electron chi connectivity index (χ2n) is 4.74. The summed E-state index contributed by atoms with van der Waals surface area (Å²) < 4.78 is 52.6. The van der Waals surface area contributed by atoms with Gasteiger partial charge in [-0.3, -0.25) is 4.98 Å². The molecule has 1 aromatic heterocycles. The molecule has 0 radical (unpaired) electrons. The number of sulfonamides is 1. The number of halogens is 2. The van der Waals surface area contributed by atoms with E-state index in [1.807, 2.05) is 0 Å². The molecule has 2 rings (SSSR count). The van der Waals surface area contributed by atoms with Crippen molar-refractivity contribution in [3.8, 4) is 0 Å². The lowest BCUT2D eigenvalue weighted by molar-refractivity contribution is 0.413. The van der Waals surface area contributed by atoms with Gasteiger partial charge in [-0.15, -0.1) is 0 Å². The Bertz CT molecular complexity index is 736. The summed E-state index contributed by atoms with van der Waals surface area (Å²) in [6.45, 7) is 1.71. The molecule has 0 aliphatic rings. The van der Waals surface area contributed by atoms with Gasteiger partial charge < -0.3 is 0 Å². The normalized spacial score (nSPS) is 11.8. The van der Waals surface area contributed by atoms with E-state index < -0.39 is 21.7 Å². The van der Waals surface area contributed by atoms with Crippen molar-refractivity contribution in [2.75, 3.05) is 6.54 Å². The van der Waals surface area contributed by atoms with Crippen LogP contribution in [-0.2, 0) is 22.3 Å². The average Bonchev–Trinajstić information content (AvgIpc) is 2.46. The highest BCUT2D eigenvalue weighted by molar-refractivity contribution is 7.88. The van der Waals surface area contributed by atoms with E-state index in [0.717, 1.165) is 16.4 Å². The number of hydrogen-bond acceptors (Lipinski definition) is 3. The van der Waals surface area contributed by atoms with Crippen LogP contribution in [0.1, 0.15) is 18.2 Å². The monoisotopic (exact) mass is 326 g/mol. The molecule has 0 aliphatic heterocycles. The number of rotatable bonds is 6. The fourth-order valence-electron chi connectivity index (χ4n) is 2.01. The molecule has 0 amide bonds. The lowest BCUT2D eigenvalue weighted by Gasteiger charge is -2.20. The molecule has 0 spiro atoms. The van der Waals surface area contributed by atoms with E-state index in [1.165, 1.54) is 12.3 Å². The zero-order valence-electron chi connectivity index (χ0n) is 12.0.